The van der Waals surface area contributed by atoms with Gasteiger partial charge in [0.15, 0.2) is 0 Å². The van der Waals surface area contributed by atoms with Crippen LogP contribution in [0.3, 0.4) is 0 Å². The molecule has 2 rings (SSSR count). The molecule has 0 saturated heterocycles. The summed E-state index contributed by atoms with van der Waals surface area (Å²) < 4.78 is 0. The predicted octanol–water partition coefficient (Wildman–Crippen LogP) is 2.54. The van der Waals surface area contributed by atoms with E-state index in [0.717, 1.165) is 12.8 Å². The molecule has 1 aliphatic carbocycles. The molecule has 0 fully saturated rings. The highest BCUT2D eigenvalue weighted by atomic mass is 35.5. The molecular formula is C14H16ClNO2. The first-order valence-electron chi connectivity index (χ1n) is 6.03. The SMILES string of the molecule is O=C(NCC1(O)C=CCCC1)c1cccc(Cl)c1. The number of benzene rings is 1. The van der Waals surface area contributed by atoms with Crippen molar-refractivity contribution in [3.8, 4) is 0 Å². The number of nitrogens with one attached hydrogen (secondary N) is 1. The summed E-state index contributed by atoms with van der Waals surface area (Å²) in [7, 11) is 0. The second-order valence-electron chi connectivity index (χ2n) is 4.59. The molecule has 4 heteroatoms. The van der Waals surface area contributed by atoms with Crippen molar-refractivity contribution in [1.82, 2.24) is 5.32 Å². The van der Waals surface area contributed by atoms with E-state index in [0.29, 0.717) is 17.0 Å². The van der Waals surface area contributed by atoms with Gasteiger partial charge in [-0.2, -0.15) is 0 Å². The van der Waals surface area contributed by atoms with Crippen molar-refractivity contribution in [2.75, 3.05) is 6.54 Å². The fraction of sp³-hybridized carbons (Fsp3) is 0.357. The third-order valence-electron chi connectivity index (χ3n) is 3.05. The van der Waals surface area contributed by atoms with Gasteiger partial charge in [-0.25, -0.2) is 0 Å². The van der Waals surface area contributed by atoms with E-state index in [2.05, 4.69) is 5.32 Å². The van der Waals surface area contributed by atoms with E-state index in [1.54, 1.807) is 30.3 Å². The molecule has 0 radical (unpaired) electrons. The van der Waals surface area contributed by atoms with E-state index in [9.17, 15) is 9.90 Å². The average molecular weight is 266 g/mol. The normalized spacial score (nSPS) is 22.8. The number of hydrogen-bond acceptors (Lipinski definition) is 2. The molecule has 1 amide bonds. The monoisotopic (exact) mass is 265 g/mol. The van der Waals surface area contributed by atoms with Crippen LogP contribution < -0.4 is 5.32 Å². The molecule has 0 spiro atoms. The molecule has 18 heavy (non-hydrogen) atoms. The van der Waals surface area contributed by atoms with Gasteiger partial charge in [0.2, 0.25) is 0 Å². The summed E-state index contributed by atoms with van der Waals surface area (Å²) in [4.78, 5) is 11.9. The van der Waals surface area contributed by atoms with Crippen LogP contribution in [0.4, 0.5) is 0 Å². The highest BCUT2D eigenvalue weighted by Gasteiger charge is 2.25. The molecule has 0 saturated carbocycles. The number of rotatable bonds is 3. The van der Waals surface area contributed by atoms with Crippen molar-refractivity contribution in [3.05, 3.63) is 47.0 Å². The van der Waals surface area contributed by atoms with Crippen LogP contribution in [0.1, 0.15) is 29.6 Å². The van der Waals surface area contributed by atoms with Crippen LogP contribution in [-0.4, -0.2) is 23.2 Å². The van der Waals surface area contributed by atoms with Gasteiger partial charge in [-0.1, -0.05) is 29.8 Å². The van der Waals surface area contributed by atoms with Crippen LogP contribution in [0, 0.1) is 0 Å². The number of allylic oxidation sites excluding steroid dienone is 1. The fourth-order valence-corrected chi connectivity index (χ4v) is 2.21. The maximum Gasteiger partial charge on any atom is 0.251 e. The van der Waals surface area contributed by atoms with Gasteiger partial charge in [0, 0.05) is 10.6 Å². The van der Waals surface area contributed by atoms with Crippen molar-refractivity contribution in [2.24, 2.45) is 0 Å². The van der Waals surface area contributed by atoms with Gasteiger partial charge in [-0.15, -0.1) is 0 Å². The second kappa shape index (κ2) is 5.55. The van der Waals surface area contributed by atoms with Crippen LogP contribution in [0.15, 0.2) is 36.4 Å². The Hall–Kier alpha value is -1.32. The quantitative estimate of drug-likeness (QED) is 0.825. The predicted molar refractivity (Wildman–Crippen MR) is 71.7 cm³/mol. The second-order valence-corrected chi connectivity index (χ2v) is 5.03. The van der Waals surface area contributed by atoms with Gasteiger partial charge < -0.3 is 10.4 Å². The lowest BCUT2D eigenvalue weighted by atomic mass is 9.91. The van der Waals surface area contributed by atoms with E-state index >= 15 is 0 Å². The number of halogens is 1. The van der Waals surface area contributed by atoms with Crippen LogP contribution in [0.5, 0.6) is 0 Å². The molecule has 1 aromatic carbocycles. The highest BCUT2D eigenvalue weighted by Crippen LogP contribution is 2.21. The standard InChI is InChI=1S/C14H16ClNO2/c15-12-6-4-5-11(9-12)13(17)16-10-14(18)7-2-1-3-8-14/h2,4-7,9,18H,1,3,8,10H2,(H,16,17). The summed E-state index contributed by atoms with van der Waals surface area (Å²) in [5.74, 6) is -0.218. The van der Waals surface area contributed by atoms with E-state index in [4.69, 9.17) is 11.6 Å². The summed E-state index contributed by atoms with van der Waals surface area (Å²) >= 11 is 5.82. The molecule has 1 aromatic rings. The lowest BCUT2D eigenvalue weighted by Crippen LogP contribution is -2.42. The molecule has 1 unspecified atom stereocenters. The topological polar surface area (TPSA) is 49.3 Å². The van der Waals surface area contributed by atoms with Gasteiger partial charge in [0.1, 0.15) is 0 Å². The van der Waals surface area contributed by atoms with Gasteiger partial charge in [0.05, 0.1) is 12.1 Å². The number of amides is 1. The third kappa shape index (κ3) is 3.34. The maximum absolute atomic E-state index is 11.9. The van der Waals surface area contributed by atoms with Crippen molar-refractivity contribution in [1.29, 1.82) is 0 Å². The Labute approximate surface area is 111 Å². The molecular weight excluding hydrogens is 250 g/mol. The number of carbonyl (C=O) groups excluding carboxylic acids is 1. The van der Waals surface area contributed by atoms with Crippen LogP contribution >= 0.6 is 11.6 Å². The summed E-state index contributed by atoms with van der Waals surface area (Å²) in [5, 5.41) is 13.5. The number of aliphatic hydroxyl groups is 1. The zero-order chi connectivity index (χ0) is 13.0. The molecule has 1 atom stereocenters. The van der Waals surface area contributed by atoms with Gasteiger partial charge in [0.25, 0.3) is 5.91 Å². The minimum Gasteiger partial charge on any atom is -0.384 e. The number of carbonyl (C=O) groups is 1. The van der Waals surface area contributed by atoms with E-state index in [1.165, 1.54) is 0 Å². The first-order chi connectivity index (χ1) is 8.59. The van der Waals surface area contributed by atoms with E-state index in [1.807, 2.05) is 6.08 Å². The molecule has 0 bridgehead atoms. The van der Waals surface area contributed by atoms with Crippen LogP contribution in [0.2, 0.25) is 5.02 Å². The van der Waals surface area contributed by atoms with Crippen molar-refractivity contribution in [3.63, 3.8) is 0 Å². The number of hydrogen-bond donors (Lipinski definition) is 2. The van der Waals surface area contributed by atoms with Crippen LogP contribution in [0.25, 0.3) is 0 Å². The molecule has 96 valence electrons. The summed E-state index contributed by atoms with van der Waals surface area (Å²) in [6.07, 6.45) is 6.34. The van der Waals surface area contributed by atoms with Crippen molar-refractivity contribution < 1.29 is 9.90 Å². The molecule has 3 nitrogen and oxygen atoms in total. The van der Waals surface area contributed by atoms with Crippen molar-refractivity contribution >= 4 is 17.5 Å². The first-order valence-corrected chi connectivity index (χ1v) is 6.41. The third-order valence-corrected chi connectivity index (χ3v) is 3.29. The molecule has 0 aliphatic heterocycles. The minimum absolute atomic E-state index is 0.218. The Morgan fingerprint density at radius 1 is 1.50 bits per heavy atom. The fourth-order valence-electron chi connectivity index (χ4n) is 2.02. The Kier molecular flexibility index (Phi) is 4.04. The Morgan fingerprint density at radius 3 is 3.00 bits per heavy atom. The van der Waals surface area contributed by atoms with Gasteiger partial charge in [-0.05, 0) is 37.5 Å². The largest absolute Gasteiger partial charge is 0.384 e. The zero-order valence-electron chi connectivity index (χ0n) is 10.0. The van der Waals surface area contributed by atoms with Gasteiger partial charge >= 0.3 is 0 Å². The van der Waals surface area contributed by atoms with Crippen molar-refractivity contribution in [2.45, 2.75) is 24.9 Å². The molecule has 0 aromatic heterocycles. The van der Waals surface area contributed by atoms with E-state index < -0.39 is 5.60 Å². The first kappa shape index (κ1) is 13.1. The molecule has 0 heterocycles. The Bertz CT molecular complexity index is 473. The summed E-state index contributed by atoms with van der Waals surface area (Å²) in [6, 6.07) is 6.75. The lowest BCUT2D eigenvalue weighted by Gasteiger charge is -2.27. The van der Waals surface area contributed by atoms with E-state index in [-0.39, 0.29) is 12.5 Å². The Morgan fingerprint density at radius 2 is 2.33 bits per heavy atom. The highest BCUT2D eigenvalue weighted by molar-refractivity contribution is 6.30. The smallest absolute Gasteiger partial charge is 0.251 e. The van der Waals surface area contributed by atoms with Gasteiger partial charge in [-0.3, -0.25) is 4.79 Å². The van der Waals surface area contributed by atoms with Crippen LogP contribution in [-0.2, 0) is 0 Å². The lowest BCUT2D eigenvalue weighted by molar-refractivity contribution is 0.0660. The maximum atomic E-state index is 11.9. The minimum atomic E-state index is -0.910. The average Bonchev–Trinajstić information content (AvgIpc) is 2.37. The molecule has 1 aliphatic rings. The summed E-state index contributed by atoms with van der Waals surface area (Å²) in [5.41, 5.74) is -0.405. The summed E-state index contributed by atoms with van der Waals surface area (Å²) in [6.45, 7) is 0.231. The zero-order valence-corrected chi connectivity index (χ0v) is 10.8. The Balaban J connectivity index is 1.96. The molecule has 2 N–H and O–H groups in total.